The number of rotatable bonds is 9. The molecule has 18 heavy (non-hydrogen) atoms. The van der Waals surface area contributed by atoms with Crippen LogP contribution in [0.3, 0.4) is 0 Å². The van der Waals surface area contributed by atoms with E-state index in [-0.39, 0.29) is 0 Å². The van der Waals surface area contributed by atoms with Crippen molar-refractivity contribution in [2.24, 2.45) is 0 Å². The zero-order valence-electron chi connectivity index (χ0n) is 11.4. The van der Waals surface area contributed by atoms with E-state index in [4.69, 9.17) is 9.47 Å². The van der Waals surface area contributed by atoms with E-state index in [0.717, 1.165) is 37.2 Å². The second-order valence-electron chi connectivity index (χ2n) is 4.36. The second kappa shape index (κ2) is 8.95. The van der Waals surface area contributed by atoms with Gasteiger partial charge in [0.1, 0.15) is 11.9 Å². The lowest BCUT2D eigenvalue weighted by atomic mass is 10.1. The topological polar surface area (TPSA) is 38.7 Å². The molecule has 0 bridgehead atoms. The van der Waals surface area contributed by atoms with Crippen LogP contribution in [0.1, 0.15) is 44.8 Å². The minimum absolute atomic E-state index is 0.351. The molecule has 0 radical (unpaired) electrons. The molecule has 1 aromatic rings. The third-order valence-corrected chi connectivity index (χ3v) is 2.66. The van der Waals surface area contributed by atoms with Crippen LogP contribution >= 0.6 is 0 Å². The Kier molecular flexibility index (Phi) is 7.46. The molecule has 102 valence electrons. The van der Waals surface area contributed by atoms with E-state index >= 15 is 0 Å². The normalized spacial score (nSPS) is 12.4. The van der Waals surface area contributed by atoms with Gasteiger partial charge in [-0.3, -0.25) is 0 Å². The predicted octanol–water partition coefficient (Wildman–Crippen LogP) is 3.33. The van der Waals surface area contributed by atoms with Crippen molar-refractivity contribution in [2.45, 2.75) is 39.2 Å². The van der Waals surface area contributed by atoms with Crippen molar-refractivity contribution in [3.8, 4) is 5.75 Å². The van der Waals surface area contributed by atoms with Gasteiger partial charge in [0.2, 0.25) is 0 Å². The molecule has 1 atom stereocenters. The van der Waals surface area contributed by atoms with E-state index in [0.29, 0.717) is 13.2 Å². The SMILES string of the molecule is CCCCOc1ccc(C(O)COCCC)cc1. The van der Waals surface area contributed by atoms with Gasteiger partial charge in [0, 0.05) is 6.61 Å². The van der Waals surface area contributed by atoms with Crippen LogP contribution < -0.4 is 4.74 Å². The molecule has 0 amide bonds. The molecule has 3 nitrogen and oxygen atoms in total. The Morgan fingerprint density at radius 1 is 1.06 bits per heavy atom. The summed E-state index contributed by atoms with van der Waals surface area (Å²) in [5, 5.41) is 9.89. The summed E-state index contributed by atoms with van der Waals surface area (Å²) >= 11 is 0. The van der Waals surface area contributed by atoms with E-state index in [9.17, 15) is 5.11 Å². The molecular weight excluding hydrogens is 228 g/mol. The maximum Gasteiger partial charge on any atom is 0.119 e. The van der Waals surface area contributed by atoms with Crippen molar-refractivity contribution in [1.29, 1.82) is 0 Å². The molecule has 0 saturated carbocycles. The van der Waals surface area contributed by atoms with E-state index in [1.807, 2.05) is 24.3 Å². The summed E-state index contributed by atoms with van der Waals surface area (Å²) in [6, 6.07) is 7.57. The highest BCUT2D eigenvalue weighted by molar-refractivity contribution is 5.28. The number of aliphatic hydroxyl groups excluding tert-OH is 1. The summed E-state index contributed by atoms with van der Waals surface area (Å²) in [7, 11) is 0. The summed E-state index contributed by atoms with van der Waals surface area (Å²) in [5.74, 6) is 0.855. The average molecular weight is 252 g/mol. The molecule has 0 aliphatic carbocycles. The lowest BCUT2D eigenvalue weighted by Gasteiger charge is -2.12. The zero-order valence-corrected chi connectivity index (χ0v) is 11.4. The van der Waals surface area contributed by atoms with E-state index in [1.54, 1.807) is 0 Å². The quantitative estimate of drug-likeness (QED) is 0.685. The van der Waals surface area contributed by atoms with Crippen molar-refractivity contribution in [1.82, 2.24) is 0 Å². The highest BCUT2D eigenvalue weighted by Crippen LogP contribution is 2.18. The summed E-state index contributed by atoms with van der Waals surface area (Å²) in [4.78, 5) is 0. The Labute approximate surface area is 110 Å². The number of aliphatic hydroxyl groups is 1. The molecule has 1 rings (SSSR count). The molecule has 0 saturated heterocycles. The lowest BCUT2D eigenvalue weighted by molar-refractivity contribution is 0.0363. The first-order chi connectivity index (χ1) is 8.77. The van der Waals surface area contributed by atoms with Crippen LogP contribution in [0.4, 0.5) is 0 Å². The molecule has 1 N–H and O–H groups in total. The van der Waals surface area contributed by atoms with Crippen LogP contribution in [0, 0.1) is 0 Å². The minimum atomic E-state index is -0.554. The van der Waals surface area contributed by atoms with Crippen LogP contribution in [-0.4, -0.2) is 24.9 Å². The molecule has 0 aliphatic rings. The van der Waals surface area contributed by atoms with E-state index in [2.05, 4.69) is 13.8 Å². The molecule has 0 fully saturated rings. The van der Waals surface area contributed by atoms with Gasteiger partial charge in [0.05, 0.1) is 13.2 Å². The van der Waals surface area contributed by atoms with Gasteiger partial charge in [0.15, 0.2) is 0 Å². The molecule has 0 heterocycles. The van der Waals surface area contributed by atoms with Gasteiger partial charge in [-0.15, -0.1) is 0 Å². The average Bonchev–Trinajstić information content (AvgIpc) is 2.40. The number of hydrogen-bond acceptors (Lipinski definition) is 3. The van der Waals surface area contributed by atoms with Gasteiger partial charge in [-0.1, -0.05) is 32.4 Å². The smallest absolute Gasteiger partial charge is 0.119 e. The van der Waals surface area contributed by atoms with E-state index < -0.39 is 6.10 Å². The fourth-order valence-corrected chi connectivity index (χ4v) is 1.56. The van der Waals surface area contributed by atoms with Crippen LogP contribution in [0.2, 0.25) is 0 Å². The third kappa shape index (κ3) is 5.52. The van der Waals surface area contributed by atoms with Gasteiger partial charge < -0.3 is 14.6 Å². The summed E-state index contributed by atoms with van der Waals surface area (Å²) in [6.07, 6.45) is 2.61. The lowest BCUT2D eigenvalue weighted by Crippen LogP contribution is -2.07. The maximum atomic E-state index is 9.89. The molecule has 0 aromatic heterocycles. The molecular formula is C15H24O3. The Morgan fingerprint density at radius 3 is 2.39 bits per heavy atom. The summed E-state index contributed by atoms with van der Waals surface area (Å²) in [6.45, 7) is 5.98. The summed E-state index contributed by atoms with van der Waals surface area (Å²) in [5.41, 5.74) is 0.869. The van der Waals surface area contributed by atoms with Crippen molar-refractivity contribution >= 4 is 0 Å². The molecule has 0 aliphatic heterocycles. The first-order valence-corrected chi connectivity index (χ1v) is 6.76. The highest BCUT2D eigenvalue weighted by Gasteiger charge is 2.07. The second-order valence-corrected chi connectivity index (χ2v) is 4.36. The van der Waals surface area contributed by atoms with Crippen molar-refractivity contribution < 1.29 is 14.6 Å². The largest absolute Gasteiger partial charge is 0.494 e. The Hall–Kier alpha value is -1.06. The first kappa shape index (κ1) is 15.0. The van der Waals surface area contributed by atoms with Crippen molar-refractivity contribution in [3.05, 3.63) is 29.8 Å². The van der Waals surface area contributed by atoms with Crippen LogP contribution in [-0.2, 0) is 4.74 Å². The van der Waals surface area contributed by atoms with Gasteiger partial charge in [0.25, 0.3) is 0 Å². The molecule has 3 heteroatoms. The Balaban J connectivity index is 2.38. The fraction of sp³-hybridized carbons (Fsp3) is 0.600. The fourth-order valence-electron chi connectivity index (χ4n) is 1.56. The van der Waals surface area contributed by atoms with Crippen LogP contribution in [0.25, 0.3) is 0 Å². The van der Waals surface area contributed by atoms with Crippen LogP contribution in [0.15, 0.2) is 24.3 Å². The monoisotopic (exact) mass is 252 g/mol. The highest BCUT2D eigenvalue weighted by atomic mass is 16.5. The van der Waals surface area contributed by atoms with E-state index in [1.165, 1.54) is 0 Å². The number of benzene rings is 1. The molecule has 1 unspecified atom stereocenters. The number of hydrogen-bond donors (Lipinski definition) is 1. The standard InChI is InChI=1S/C15H24O3/c1-3-5-11-18-14-8-6-13(7-9-14)15(16)12-17-10-4-2/h6-9,15-16H,3-5,10-12H2,1-2H3. The first-order valence-electron chi connectivity index (χ1n) is 6.76. The molecule has 0 spiro atoms. The van der Waals surface area contributed by atoms with Gasteiger partial charge in [-0.2, -0.15) is 0 Å². The maximum absolute atomic E-state index is 9.89. The van der Waals surface area contributed by atoms with Crippen molar-refractivity contribution in [3.63, 3.8) is 0 Å². The number of ether oxygens (including phenoxy) is 2. The Morgan fingerprint density at radius 2 is 1.78 bits per heavy atom. The number of unbranched alkanes of at least 4 members (excludes halogenated alkanes) is 1. The molecule has 1 aromatic carbocycles. The van der Waals surface area contributed by atoms with Gasteiger partial charge in [-0.05, 0) is 30.5 Å². The van der Waals surface area contributed by atoms with Gasteiger partial charge in [-0.25, -0.2) is 0 Å². The predicted molar refractivity (Wildman–Crippen MR) is 72.9 cm³/mol. The Bertz CT molecular complexity index is 308. The third-order valence-electron chi connectivity index (χ3n) is 2.66. The minimum Gasteiger partial charge on any atom is -0.494 e. The van der Waals surface area contributed by atoms with Crippen LogP contribution in [0.5, 0.6) is 5.75 Å². The zero-order chi connectivity index (χ0) is 13.2. The van der Waals surface area contributed by atoms with Crippen molar-refractivity contribution in [2.75, 3.05) is 19.8 Å². The summed E-state index contributed by atoms with van der Waals surface area (Å²) < 4.78 is 10.9. The van der Waals surface area contributed by atoms with Gasteiger partial charge >= 0.3 is 0 Å².